The topological polar surface area (TPSA) is 45.2 Å². The zero-order valence-electron chi connectivity index (χ0n) is 10.5. The van der Waals surface area contributed by atoms with E-state index >= 15 is 0 Å². The van der Waals surface area contributed by atoms with Crippen LogP contribution in [0.4, 0.5) is 5.82 Å². The first-order valence-corrected chi connectivity index (χ1v) is 7.46. The number of carbonyl (C=O) groups excluding carboxylic acids is 1. The van der Waals surface area contributed by atoms with Crippen LogP contribution < -0.4 is 10.2 Å². The van der Waals surface area contributed by atoms with Gasteiger partial charge in [0.05, 0.1) is 4.88 Å². The minimum atomic E-state index is 0.752. The normalized spacial score (nSPS) is 26.0. The molecular formula is C14H15N3OS. The average Bonchev–Trinajstić information content (AvgIpc) is 3.10. The van der Waals surface area contributed by atoms with Crippen molar-refractivity contribution in [2.75, 3.05) is 31.1 Å². The van der Waals surface area contributed by atoms with Crippen molar-refractivity contribution in [3.05, 3.63) is 23.1 Å². The van der Waals surface area contributed by atoms with Gasteiger partial charge in [0.1, 0.15) is 10.6 Å². The number of rotatable bonds is 2. The molecule has 1 N–H and O–H groups in total. The van der Waals surface area contributed by atoms with E-state index in [-0.39, 0.29) is 0 Å². The molecular weight excluding hydrogens is 258 g/mol. The van der Waals surface area contributed by atoms with Crippen LogP contribution in [0, 0.1) is 11.8 Å². The first kappa shape index (κ1) is 11.4. The molecule has 0 spiro atoms. The lowest BCUT2D eigenvalue weighted by atomic mass is 10.0. The van der Waals surface area contributed by atoms with Gasteiger partial charge in [-0.3, -0.25) is 4.79 Å². The van der Waals surface area contributed by atoms with Crippen LogP contribution in [-0.2, 0) is 0 Å². The molecule has 2 atom stereocenters. The molecule has 0 radical (unpaired) electrons. The molecule has 2 aliphatic rings. The van der Waals surface area contributed by atoms with E-state index in [1.165, 1.54) is 11.3 Å². The maximum atomic E-state index is 10.8. The van der Waals surface area contributed by atoms with Gasteiger partial charge in [-0.1, -0.05) is 0 Å². The molecule has 2 fully saturated rings. The summed E-state index contributed by atoms with van der Waals surface area (Å²) in [7, 11) is 0. The van der Waals surface area contributed by atoms with Crippen LogP contribution in [0.3, 0.4) is 0 Å². The summed E-state index contributed by atoms with van der Waals surface area (Å²) in [6.45, 7) is 4.47. The summed E-state index contributed by atoms with van der Waals surface area (Å²) in [5, 5.41) is 4.52. The molecule has 2 unspecified atom stereocenters. The van der Waals surface area contributed by atoms with Crippen molar-refractivity contribution in [2.24, 2.45) is 11.8 Å². The summed E-state index contributed by atoms with van der Waals surface area (Å²) < 4.78 is 0. The molecule has 0 amide bonds. The molecule has 5 heteroatoms. The molecule has 4 nitrogen and oxygen atoms in total. The first-order valence-electron chi connectivity index (χ1n) is 6.65. The summed E-state index contributed by atoms with van der Waals surface area (Å²) in [5.74, 6) is 2.60. The zero-order valence-corrected chi connectivity index (χ0v) is 11.3. The highest BCUT2D eigenvalue weighted by Gasteiger charge is 2.36. The molecule has 4 heterocycles. The minimum Gasteiger partial charge on any atom is -0.356 e. The highest BCUT2D eigenvalue weighted by Crippen LogP contribution is 2.31. The highest BCUT2D eigenvalue weighted by molar-refractivity contribution is 7.20. The Hall–Kier alpha value is -1.46. The maximum Gasteiger partial charge on any atom is 0.160 e. The fourth-order valence-electron chi connectivity index (χ4n) is 3.20. The summed E-state index contributed by atoms with van der Waals surface area (Å²) >= 11 is 1.47. The van der Waals surface area contributed by atoms with Crippen molar-refractivity contribution in [1.82, 2.24) is 10.3 Å². The van der Waals surface area contributed by atoms with E-state index < -0.39 is 0 Å². The Kier molecular flexibility index (Phi) is 2.56. The first-order chi connectivity index (χ1) is 9.33. The second-order valence-electron chi connectivity index (χ2n) is 5.41. The summed E-state index contributed by atoms with van der Waals surface area (Å²) in [6, 6.07) is 6.07. The third-order valence-corrected chi connectivity index (χ3v) is 5.19. The van der Waals surface area contributed by atoms with Gasteiger partial charge in [-0.25, -0.2) is 4.98 Å². The predicted molar refractivity (Wildman–Crippen MR) is 77.1 cm³/mol. The summed E-state index contributed by atoms with van der Waals surface area (Å²) in [5.41, 5.74) is 0. The number of nitrogens with zero attached hydrogens (tertiary/aromatic N) is 2. The van der Waals surface area contributed by atoms with Gasteiger partial charge < -0.3 is 10.2 Å². The molecule has 19 heavy (non-hydrogen) atoms. The number of hydrogen-bond acceptors (Lipinski definition) is 5. The van der Waals surface area contributed by atoms with Crippen molar-refractivity contribution in [1.29, 1.82) is 0 Å². The number of aldehydes is 1. The van der Waals surface area contributed by atoms with Crippen LogP contribution in [-0.4, -0.2) is 37.4 Å². The standard InChI is InChI=1S/C14H15N3OS/c18-8-12-3-9-1-2-13(16-14(9)19-12)17-6-10-4-15-5-11(10)7-17/h1-3,8,10-11,15H,4-7H2. The Morgan fingerprint density at radius 3 is 2.84 bits per heavy atom. The van der Waals surface area contributed by atoms with Gasteiger partial charge in [-0.15, -0.1) is 11.3 Å². The Morgan fingerprint density at radius 2 is 2.11 bits per heavy atom. The Bertz CT molecular complexity index is 627. The van der Waals surface area contributed by atoms with Crippen molar-refractivity contribution < 1.29 is 4.79 Å². The lowest BCUT2D eigenvalue weighted by Crippen LogP contribution is -2.26. The van der Waals surface area contributed by atoms with Crippen molar-refractivity contribution in [3.8, 4) is 0 Å². The molecule has 0 aromatic carbocycles. The number of anilines is 1. The number of hydrogen-bond donors (Lipinski definition) is 1. The molecule has 0 aliphatic carbocycles. The molecule has 0 saturated carbocycles. The quantitative estimate of drug-likeness (QED) is 0.847. The smallest absolute Gasteiger partial charge is 0.160 e. The molecule has 98 valence electrons. The number of carbonyl (C=O) groups is 1. The van der Waals surface area contributed by atoms with Crippen molar-refractivity contribution >= 4 is 33.7 Å². The third kappa shape index (κ3) is 1.84. The predicted octanol–water partition coefficient (Wildman–Crippen LogP) is 1.76. The minimum absolute atomic E-state index is 0.752. The van der Waals surface area contributed by atoms with Crippen molar-refractivity contribution in [2.45, 2.75) is 0 Å². The Balaban J connectivity index is 1.66. The SMILES string of the molecule is O=Cc1cc2ccc(N3CC4CNCC4C3)nc2s1. The Morgan fingerprint density at radius 1 is 1.32 bits per heavy atom. The van der Waals surface area contributed by atoms with E-state index in [1.54, 1.807) is 0 Å². The van der Waals surface area contributed by atoms with E-state index in [0.717, 1.165) is 65.2 Å². The largest absolute Gasteiger partial charge is 0.356 e. The van der Waals surface area contributed by atoms with Crippen LogP contribution in [0.5, 0.6) is 0 Å². The van der Waals surface area contributed by atoms with Gasteiger partial charge in [0.2, 0.25) is 0 Å². The molecule has 2 aliphatic heterocycles. The molecule has 2 aromatic heterocycles. The lowest BCUT2D eigenvalue weighted by molar-refractivity contribution is 0.112. The number of thiophene rings is 1. The van der Waals surface area contributed by atoms with Gasteiger partial charge in [-0.05, 0) is 30.0 Å². The van der Waals surface area contributed by atoms with E-state index in [9.17, 15) is 4.79 Å². The van der Waals surface area contributed by atoms with Crippen molar-refractivity contribution in [3.63, 3.8) is 0 Å². The highest BCUT2D eigenvalue weighted by atomic mass is 32.1. The lowest BCUT2D eigenvalue weighted by Gasteiger charge is -2.18. The van der Waals surface area contributed by atoms with E-state index in [1.807, 2.05) is 6.07 Å². The van der Waals surface area contributed by atoms with Crippen LogP contribution >= 0.6 is 11.3 Å². The zero-order chi connectivity index (χ0) is 12.8. The fraction of sp³-hybridized carbons (Fsp3) is 0.429. The van der Waals surface area contributed by atoms with E-state index in [4.69, 9.17) is 4.98 Å². The second kappa shape index (κ2) is 4.28. The summed E-state index contributed by atoms with van der Waals surface area (Å²) in [4.78, 5) is 19.6. The Labute approximate surface area is 115 Å². The summed E-state index contributed by atoms with van der Waals surface area (Å²) in [6.07, 6.45) is 0.901. The third-order valence-electron chi connectivity index (χ3n) is 4.22. The monoisotopic (exact) mass is 273 g/mol. The molecule has 4 rings (SSSR count). The number of nitrogens with one attached hydrogen (secondary N) is 1. The van der Waals surface area contributed by atoms with E-state index in [0.29, 0.717) is 0 Å². The van der Waals surface area contributed by atoms with Gasteiger partial charge in [0, 0.05) is 31.6 Å². The number of pyridine rings is 1. The molecule has 2 saturated heterocycles. The van der Waals surface area contributed by atoms with Crippen LogP contribution in [0.2, 0.25) is 0 Å². The van der Waals surface area contributed by atoms with Crippen LogP contribution in [0.1, 0.15) is 9.67 Å². The van der Waals surface area contributed by atoms with Crippen LogP contribution in [0.15, 0.2) is 18.2 Å². The molecule has 2 aromatic rings. The van der Waals surface area contributed by atoms with E-state index in [2.05, 4.69) is 22.3 Å². The molecule has 0 bridgehead atoms. The fourth-order valence-corrected chi connectivity index (χ4v) is 4.05. The van der Waals surface area contributed by atoms with Gasteiger partial charge in [0.25, 0.3) is 0 Å². The average molecular weight is 273 g/mol. The second-order valence-corrected chi connectivity index (χ2v) is 6.48. The van der Waals surface area contributed by atoms with Gasteiger partial charge in [-0.2, -0.15) is 0 Å². The van der Waals surface area contributed by atoms with Gasteiger partial charge >= 0.3 is 0 Å². The number of aromatic nitrogens is 1. The number of fused-ring (bicyclic) bond motifs is 2. The maximum absolute atomic E-state index is 10.8. The van der Waals surface area contributed by atoms with Gasteiger partial charge in [0.15, 0.2) is 6.29 Å². The van der Waals surface area contributed by atoms with Crippen LogP contribution in [0.25, 0.3) is 10.2 Å².